The topological polar surface area (TPSA) is 114 Å². The number of allylic oxidation sites excluding steroid dienone is 1. The highest BCUT2D eigenvalue weighted by atomic mass is 35.5. The van der Waals surface area contributed by atoms with Gasteiger partial charge in [0.15, 0.2) is 0 Å². The maximum absolute atomic E-state index is 13.5. The Balaban J connectivity index is 1.49. The summed E-state index contributed by atoms with van der Waals surface area (Å²) in [5.74, 6) is 0.311. The highest BCUT2D eigenvalue weighted by molar-refractivity contribution is 7.90. The number of amides is 1. The minimum absolute atomic E-state index is 0.0778. The molecule has 2 heterocycles. The number of halogens is 1. The summed E-state index contributed by atoms with van der Waals surface area (Å²) in [7, 11) is -2.53. The van der Waals surface area contributed by atoms with Crippen molar-refractivity contribution in [3.8, 4) is 5.75 Å². The number of nitrogens with zero attached hydrogens (tertiary/aromatic N) is 1. The lowest BCUT2D eigenvalue weighted by Crippen LogP contribution is -2.43. The van der Waals surface area contributed by atoms with Crippen LogP contribution in [0.1, 0.15) is 60.0 Å². The summed E-state index contributed by atoms with van der Waals surface area (Å²) < 4.78 is 46.1. The van der Waals surface area contributed by atoms with Gasteiger partial charge in [0.25, 0.3) is 5.91 Å². The molecule has 2 aromatic rings. The van der Waals surface area contributed by atoms with Gasteiger partial charge in [0.05, 0.1) is 31.6 Å². The minimum atomic E-state index is -4.08. The van der Waals surface area contributed by atoms with Crippen LogP contribution in [0.25, 0.3) is 0 Å². The van der Waals surface area contributed by atoms with Crippen molar-refractivity contribution in [3.63, 3.8) is 0 Å². The molecule has 0 aromatic heterocycles. The first-order valence-corrected chi connectivity index (χ1v) is 17.4. The fourth-order valence-corrected chi connectivity index (χ4v) is 7.71. The fourth-order valence-electron chi connectivity index (χ4n) is 6.25. The van der Waals surface area contributed by atoms with Crippen molar-refractivity contribution in [2.75, 3.05) is 44.9 Å². The van der Waals surface area contributed by atoms with Crippen LogP contribution < -0.4 is 14.4 Å². The molecule has 0 spiro atoms. The number of fused-ring (bicyclic) bond motifs is 3. The number of ether oxygens (including phenoxy) is 3. The molecule has 2 bridgehead atoms. The van der Waals surface area contributed by atoms with Crippen LogP contribution >= 0.6 is 11.6 Å². The highest BCUT2D eigenvalue weighted by Crippen LogP contribution is 2.41. The van der Waals surface area contributed by atoms with Gasteiger partial charge in [0, 0.05) is 30.8 Å². The van der Waals surface area contributed by atoms with Crippen molar-refractivity contribution in [1.82, 2.24) is 4.72 Å². The van der Waals surface area contributed by atoms with Crippen LogP contribution in [0, 0.1) is 11.8 Å². The van der Waals surface area contributed by atoms with Crippen molar-refractivity contribution >= 4 is 33.2 Å². The van der Waals surface area contributed by atoms with Crippen molar-refractivity contribution in [2.45, 2.75) is 62.9 Å². The summed E-state index contributed by atoms with van der Waals surface area (Å²) in [6.07, 6.45) is 8.36. The van der Waals surface area contributed by atoms with Gasteiger partial charge in [-0.2, -0.15) is 0 Å². The van der Waals surface area contributed by atoms with Gasteiger partial charge in [-0.15, -0.1) is 0 Å². The first-order valence-electron chi connectivity index (χ1n) is 15.5. The van der Waals surface area contributed by atoms with E-state index in [1.54, 1.807) is 31.4 Å². The van der Waals surface area contributed by atoms with Gasteiger partial charge < -0.3 is 24.2 Å². The van der Waals surface area contributed by atoms with Crippen LogP contribution in [0.2, 0.25) is 5.02 Å². The Kier molecular flexibility index (Phi) is 11.2. The predicted octanol–water partition coefficient (Wildman–Crippen LogP) is 4.89. The van der Waals surface area contributed by atoms with E-state index in [1.807, 2.05) is 24.3 Å². The van der Waals surface area contributed by atoms with Crippen LogP contribution in [-0.2, 0) is 32.5 Å². The number of carbonyl (C=O) groups is 1. The third-order valence-corrected chi connectivity index (χ3v) is 11.0. The molecule has 1 fully saturated rings. The molecule has 11 heteroatoms. The second-order valence-corrected chi connectivity index (χ2v) is 14.3. The minimum Gasteiger partial charge on any atom is -0.487 e. The number of sulfonamides is 1. The summed E-state index contributed by atoms with van der Waals surface area (Å²) in [5.41, 5.74) is 3.20. The Labute approximate surface area is 265 Å². The Morgan fingerprint density at radius 2 is 1.95 bits per heavy atom. The largest absolute Gasteiger partial charge is 0.487 e. The van der Waals surface area contributed by atoms with Crippen molar-refractivity contribution in [1.29, 1.82) is 0 Å². The number of aliphatic hydroxyl groups is 1. The number of hydrogen-bond donors (Lipinski definition) is 2. The van der Waals surface area contributed by atoms with E-state index in [2.05, 4.69) is 9.62 Å². The Bertz CT molecular complexity index is 1430. The average Bonchev–Trinajstić information content (AvgIpc) is 3.00. The molecule has 0 radical (unpaired) electrons. The van der Waals surface area contributed by atoms with Gasteiger partial charge in [-0.3, -0.25) is 4.79 Å². The normalized spacial score (nSPS) is 26.5. The van der Waals surface area contributed by atoms with Crippen molar-refractivity contribution < 1.29 is 32.5 Å². The van der Waals surface area contributed by atoms with E-state index in [9.17, 15) is 18.3 Å². The third kappa shape index (κ3) is 8.14. The average molecular weight is 647 g/mol. The molecule has 240 valence electrons. The lowest BCUT2D eigenvalue weighted by atomic mass is 9.70. The van der Waals surface area contributed by atoms with E-state index in [-0.39, 0.29) is 37.0 Å². The summed E-state index contributed by atoms with van der Waals surface area (Å²) in [5, 5.41) is 10.8. The second-order valence-electron chi connectivity index (χ2n) is 12.0. The molecule has 0 saturated heterocycles. The van der Waals surface area contributed by atoms with E-state index in [4.69, 9.17) is 25.8 Å². The summed E-state index contributed by atoms with van der Waals surface area (Å²) >= 11 is 6.31. The molecule has 1 amide bonds. The van der Waals surface area contributed by atoms with Crippen LogP contribution in [0.5, 0.6) is 5.75 Å². The van der Waals surface area contributed by atoms with Gasteiger partial charge in [-0.1, -0.05) is 29.8 Å². The molecule has 0 unspecified atom stereocenters. The number of nitrogens with one attached hydrogen (secondary N) is 1. The monoisotopic (exact) mass is 646 g/mol. The molecular formula is C33H43ClN2O7S. The number of hydrogen-bond acceptors (Lipinski definition) is 8. The SMILES string of the molecule is COCCOC[C@H]1CC/C=C/[C@H](O)[C@@H]2CC[C@H]2CN2CCCCc3cc(Cl)ccc3COc3ccc(cc32)C(=O)NS1(=O)=O. The van der Waals surface area contributed by atoms with Gasteiger partial charge >= 0.3 is 0 Å². The molecule has 2 aromatic carbocycles. The Morgan fingerprint density at radius 3 is 2.75 bits per heavy atom. The molecule has 5 rings (SSSR count). The van der Waals surface area contributed by atoms with Crippen LogP contribution in [0.15, 0.2) is 48.6 Å². The highest BCUT2D eigenvalue weighted by Gasteiger charge is 2.37. The number of aryl methyl sites for hydroxylation is 1. The first-order chi connectivity index (χ1) is 21.2. The second kappa shape index (κ2) is 15.1. The predicted molar refractivity (Wildman–Crippen MR) is 171 cm³/mol. The Hall–Kier alpha value is -2.63. The number of benzene rings is 2. The summed E-state index contributed by atoms with van der Waals surface area (Å²) in [6, 6.07) is 11.0. The number of carbonyl (C=O) groups excluding carboxylic acids is 1. The molecule has 1 aliphatic carbocycles. The van der Waals surface area contributed by atoms with Crippen LogP contribution in [-0.4, -0.2) is 70.8 Å². The zero-order valence-corrected chi connectivity index (χ0v) is 26.8. The molecule has 9 nitrogen and oxygen atoms in total. The molecule has 44 heavy (non-hydrogen) atoms. The van der Waals surface area contributed by atoms with E-state index >= 15 is 0 Å². The van der Waals surface area contributed by atoms with E-state index in [0.29, 0.717) is 37.0 Å². The van der Waals surface area contributed by atoms with Crippen LogP contribution in [0.3, 0.4) is 0 Å². The van der Waals surface area contributed by atoms with Gasteiger partial charge in [0.1, 0.15) is 17.6 Å². The standard InChI is InChI=1S/C33H43ClN2O7S/c1-41-16-17-42-22-28-7-2-3-8-31(37)29-13-10-25(29)20-36-15-5-4-6-23-18-27(34)12-9-26(23)21-43-32-14-11-24(19-30(32)36)33(38)35-44(28,39)40/h3,8-9,11-12,14,18-19,25,28-29,31,37H,2,4-7,10,13,15-17,20-22H2,1H3,(H,35,38)/b8-3+/t25-,28+,29+,31-/m0/s1. The van der Waals surface area contributed by atoms with Crippen molar-refractivity contribution in [2.24, 2.45) is 11.8 Å². The summed E-state index contributed by atoms with van der Waals surface area (Å²) in [4.78, 5) is 15.7. The smallest absolute Gasteiger partial charge is 0.264 e. The van der Waals surface area contributed by atoms with Crippen LogP contribution in [0.4, 0.5) is 5.69 Å². The van der Waals surface area contributed by atoms with Crippen molar-refractivity contribution in [3.05, 3.63) is 70.3 Å². The maximum Gasteiger partial charge on any atom is 0.264 e. The lowest BCUT2D eigenvalue weighted by molar-refractivity contribution is 0.0461. The molecule has 3 aliphatic rings. The zero-order chi connectivity index (χ0) is 31.1. The molecule has 1 saturated carbocycles. The van der Waals surface area contributed by atoms with E-state index in [1.165, 1.54) is 0 Å². The van der Waals surface area contributed by atoms with E-state index in [0.717, 1.165) is 55.5 Å². The maximum atomic E-state index is 13.5. The number of anilines is 1. The Morgan fingerprint density at radius 1 is 1.09 bits per heavy atom. The molecule has 4 atom stereocenters. The quantitative estimate of drug-likeness (QED) is 0.349. The van der Waals surface area contributed by atoms with Gasteiger partial charge in [-0.25, -0.2) is 13.1 Å². The van der Waals surface area contributed by atoms with Gasteiger partial charge in [0.2, 0.25) is 10.0 Å². The first kappa shape index (κ1) is 32.8. The lowest BCUT2D eigenvalue weighted by Gasteiger charge is -2.42. The number of aliphatic hydroxyl groups excluding tert-OH is 1. The fraction of sp³-hybridized carbons (Fsp3) is 0.545. The molecule has 2 N–H and O–H groups in total. The summed E-state index contributed by atoms with van der Waals surface area (Å²) in [6.45, 7) is 2.27. The van der Waals surface area contributed by atoms with Gasteiger partial charge in [-0.05, 0) is 98.2 Å². The molecular weight excluding hydrogens is 604 g/mol. The zero-order valence-electron chi connectivity index (χ0n) is 25.3. The number of methoxy groups -OCH3 is 1. The number of rotatable bonds is 5. The van der Waals surface area contributed by atoms with E-state index < -0.39 is 27.3 Å². The third-order valence-electron chi connectivity index (χ3n) is 9.01. The molecule has 2 aliphatic heterocycles.